The average Bonchev–Trinajstić information content (AvgIpc) is 2.15. The highest BCUT2D eigenvalue weighted by molar-refractivity contribution is 6.30. The number of aliphatic hydroxyl groups is 1. The SMILES string of the molecule is [CH2]C(c1cccc(Cl)c1)C(O)CC. The third kappa shape index (κ3) is 2.71. The summed E-state index contributed by atoms with van der Waals surface area (Å²) in [6.07, 6.45) is 0.319. The summed E-state index contributed by atoms with van der Waals surface area (Å²) in [6.45, 7) is 5.85. The molecule has 0 bridgehead atoms. The monoisotopic (exact) mass is 197 g/mol. The predicted octanol–water partition coefficient (Wildman–Crippen LogP) is 3.03. The molecule has 2 atom stereocenters. The highest BCUT2D eigenvalue weighted by atomic mass is 35.5. The summed E-state index contributed by atoms with van der Waals surface area (Å²) < 4.78 is 0. The molecule has 13 heavy (non-hydrogen) atoms. The number of benzene rings is 1. The highest BCUT2D eigenvalue weighted by Crippen LogP contribution is 2.23. The minimum Gasteiger partial charge on any atom is -0.393 e. The Morgan fingerprint density at radius 2 is 2.23 bits per heavy atom. The molecule has 1 rings (SSSR count). The fraction of sp³-hybridized carbons (Fsp3) is 0.364. The summed E-state index contributed by atoms with van der Waals surface area (Å²) in [5.74, 6) is -0.0938. The fourth-order valence-corrected chi connectivity index (χ4v) is 1.44. The fourth-order valence-electron chi connectivity index (χ4n) is 1.24. The van der Waals surface area contributed by atoms with Crippen molar-refractivity contribution < 1.29 is 5.11 Å². The van der Waals surface area contributed by atoms with Gasteiger partial charge in [0.1, 0.15) is 0 Å². The van der Waals surface area contributed by atoms with Crippen LogP contribution in [0.1, 0.15) is 24.8 Å². The van der Waals surface area contributed by atoms with E-state index in [4.69, 9.17) is 11.6 Å². The van der Waals surface area contributed by atoms with Crippen LogP contribution < -0.4 is 0 Å². The lowest BCUT2D eigenvalue weighted by Crippen LogP contribution is -2.14. The van der Waals surface area contributed by atoms with E-state index >= 15 is 0 Å². The number of hydrogen-bond donors (Lipinski definition) is 1. The third-order valence-corrected chi connectivity index (χ3v) is 2.39. The van der Waals surface area contributed by atoms with Gasteiger partial charge in [0.05, 0.1) is 6.10 Å². The Morgan fingerprint density at radius 1 is 1.54 bits per heavy atom. The van der Waals surface area contributed by atoms with Crippen LogP contribution in [0.25, 0.3) is 0 Å². The minimum atomic E-state index is -0.390. The maximum absolute atomic E-state index is 9.57. The second kappa shape index (κ2) is 4.64. The molecule has 0 saturated carbocycles. The molecule has 0 aliphatic carbocycles. The summed E-state index contributed by atoms with van der Waals surface area (Å²) in [4.78, 5) is 0. The van der Waals surface area contributed by atoms with Gasteiger partial charge in [-0.3, -0.25) is 0 Å². The van der Waals surface area contributed by atoms with Gasteiger partial charge in [-0.2, -0.15) is 0 Å². The van der Waals surface area contributed by atoms with Gasteiger partial charge in [0.25, 0.3) is 0 Å². The molecule has 0 fully saturated rings. The van der Waals surface area contributed by atoms with Crippen LogP contribution in [-0.2, 0) is 0 Å². The zero-order valence-electron chi connectivity index (χ0n) is 7.70. The first kappa shape index (κ1) is 10.6. The van der Waals surface area contributed by atoms with Gasteiger partial charge in [-0.05, 0) is 31.0 Å². The van der Waals surface area contributed by atoms with Gasteiger partial charge in [0.15, 0.2) is 0 Å². The van der Waals surface area contributed by atoms with Crippen molar-refractivity contribution in [3.8, 4) is 0 Å². The largest absolute Gasteiger partial charge is 0.393 e. The van der Waals surface area contributed by atoms with Crippen molar-refractivity contribution >= 4 is 11.6 Å². The molecule has 1 aromatic rings. The van der Waals surface area contributed by atoms with E-state index < -0.39 is 6.10 Å². The average molecular weight is 198 g/mol. The van der Waals surface area contributed by atoms with Crippen molar-refractivity contribution in [1.29, 1.82) is 0 Å². The molecule has 0 spiro atoms. The summed E-state index contributed by atoms with van der Waals surface area (Å²) in [5.41, 5.74) is 0.988. The van der Waals surface area contributed by atoms with E-state index in [9.17, 15) is 5.11 Å². The molecule has 1 nitrogen and oxygen atoms in total. The normalized spacial score (nSPS) is 15.4. The van der Waals surface area contributed by atoms with E-state index in [1.54, 1.807) is 0 Å². The highest BCUT2D eigenvalue weighted by Gasteiger charge is 2.14. The van der Waals surface area contributed by atoms with Crippen molar-refractivity contribution in [1.82, 2.24) is 0 Å². The zero-order valence-corrected chi connectivity index (χ0v) is 8.46. The predicted molar refractivity (Wildman–Crippen MR) is 55.8 cm³/mol. The molecule has 1 N–H and O–H groups in total. The maximum atomic E-state index is 9.57. The van der Waals surface area contributed by atoms with Gasteiger partial charge in [0, 0.05) is 10.9 Å². The topological polar surface area (TPSA) is 20.2 Å². The number of hydrogen-bond acceptors (Lipinski definition) is 1. The van der Waals surface area contributed by atoms with Crippen LogP contribution in [0.15, 0.2) is 24.3 Å². The van der Waals surface area contributed by atoms with Crippen molar-refractivity contribution in [3.05, 3.63) is 41.8 Å². The number of halogens is 1. The summed E-state index contributed by atoms with van der Waals surface area (Å²) >= 11 is 5.83. The smallest absolute Gasteiger partial charge is 0.0606 e. The molecule has 1 aromatic carbocycles. The Hall–Kier alpha value is -0.530. The molecule has 0 heterocycles. The van der Waals surface area contributed by atoms with Crippen LogP contribution in [0.5, 0.6) is 0 Å². The van der Waals surface area contributed by atoms with Crippen LogP contribution in [0.4, 0.5) is 0 Å². The van der Waals surface area contributed by atoms with Gasteiger partial charge < -0.3 is 5.11 Å². The van der Waals surface area contributed by atoms with E-state index in [2.05, 4.69) is 6.92 Å². The van der Waals surface area contributed by atoms with Gasteiger partial charge in [-0.1, -0.05) is 30.7 Å². The van der Waals surface area contributed by atoms with Crippen molar-refractivity contribution in [2.75, 3.05) is 0 Å². The summed E-state index contributed by atoms with van der Waals surface area (Å²) in [5, 5.41) is 10.3. The number of aliphatic hydroxyl groups excluding tert-OH is 1. The third-order valence-electron chi connectivity index (χ3n) is 2.16. The maximum Gasteiger partial charge on any atom is 0.0606 e. The van der Waals surface area contributed by atoms with Crippen molar-refractivity contribution in [2.24, 2.45) is 0 Å². The first-order valence-corrected chi connectivity index (χ1v) is 4.79. The van der Waals surface area contributed by atoms with Gasteiger partial charge >= 0.3 is 0 Å². The van der Waals surface area contributed by atoms with E-state index in [0.29, 0.717) is 11.4 Å². The van der Waals surface area contributed by atoms with Crippen molar-refractivity contribution in [2.45, 2.75) is 25.4 Å². The second-order valence-corrected chi connectivity index (χ2v) is 3.57. The van der Waals surface area contributed by atoms with Crippen molar-refractivity contribution in [3.63, 3.8) is 0 Å². The molecule has 0 aromatic heterocycles. The van der Waals surface area contributed by atoms with E-state index in [1.807, 2.05) is 31.2 Å². The van der Waals surface area contributed by atoms with Gasteiger partial charge in [-0.25, -0.2) is 0 Å². The number of rotatable bonds is 3. The molecule has 2 unspecified atom stereocenters. The van der Waals surface area contributed by atoms with Crippen LogP contribution in [0.2, 0.25) is 5.02 Å². The minimum absolute atomic E-state index is 0.0938. The Balaban J connectivity index is 2.82. The van der Waals surface area contributed by atoms with E-state index in [-0.39, 0.29) is 5.92 Å². The summed E-state index contributed by atoms with van der Waals surface area (Å²) in [6, 6.07) is 7.47. The van der Waals surface area contributed by atoms with Gasteiger partial charge in [0.2, 0.25) is 0 Å². The molecule has 1 radical (unpaired) electrons. The molecule has 2 heteroatoms. The molecule has 0 saturated heterocycles. The van der Waals surface area contributed by atoms with Gasteiger partial charge in [-0.15, -0.1) is 0 Å². The summed E-state index contributed by atoms with van der Waals surface area (Å²) in [7, 11) is 0. The lowest BCUT2D eigenvalue weighted by Gasteiger charge is -2.17. The zero-order chi connectivity index (χ0) is 9.84. The molecular formula is C11H14ClO. The Labute approximate surface area is 84.4 Å². The quantitative estimate of drug-likeness (QED) is 0.790. The molecule has 71 valence electrons. The Kier molecular flexibility index (Phi) is 3.76. The molecule has 0 aliphatic heterocycles. The first-order chi connectivity index (χ1) is 6.15. The van der Waals surface area contributed by atoms with Crippen LogP contribution in [0, 0.1) is 6.92 Å². The lowest BCUT2D eigenvalue weighted by molar-refractivity contribution is 0.154. The lowest BCUT2D eigenvalue weighted by atomic mass is 9.94. The second-order valence-electron chi connectivity index (χ2n) is 3.14. The molecular weight excluding hydrogens is 184 g/mol. The van der Waals surface area contributed by atoms with E-state index in [1.165, 1.54) is 0 Å². The van der Waals surface area contributed by atoms with Crippen LogP contribution in [-0.4, -0.2) is 11.2 Å². The first-order valence-electron chi connectivity index (χ1n) is 4.41. The van der Waals surface area contributed by atoms with Crippen LogP contribution in [0.3, 0.4) is 0 Å². The molecule has 0 aliphatic rings. The standard InChI is InChI=1S/C11H14ClO/c1-3-11(13)8(2)9-5-4-6-10(12)7-9/h4-8,11,13H,2-3H2,1H3. The Bertz CT molecular complexity index is 273. The van der Waals surface area contributed by atoms with Crippen LogP contribution >= 0.6 is 11.6 Å². The Morgan fingerprint density at radius 3 is 2.77 bits per heavy atom. The van der Waals surface area contributed by atoms with E-state index in [0.717, 1.165) is 5.56 Å². The molecule has 0 amide bonds.